The highest BCUT2D eigenvalue weighted by atomic mass is 19.4. The normalized spacial score (nSPS) is 24.4. The molecule has 1 saturated carbocycles. The maximum Gasteiger partial charge on any atom is 0.418 e. The fourth-order valence-corrected chi connectivity index (χ4v) is 5.42. The molecular formula is C25H31F3N4O2. The maximum absolute atomic E-state index is 13.6. The van der Waals surface area contributed by atoms with Crippen LogP contribution in [0.2, 0.25) is 0 Å². The highest BCUT2D eigenvalue weighted by molar-refractivity contribution is 5.94. The van der Waals surface area contributed by atoms with E-state index >= 15 is 0 Å². The van der Waals surface area contributed by atoms with Crippen molar-refractivity contribution in [2.75, 3.05) is 57.9 Å². The minimum atomic E-state index is -4.46. The van der Waals surface area contributed by atoms with Gasteiger partial charge in [0.1, 0.15) is 0 Å². The van der Waals surface area contributed by atoms with Gasteiger partial charge in [0.2, 0.25) is 5.91 Å². The summed E-state index contributed by atoms with van der Waals surface area (Å²) >= 11 is 0. The van der Waals surface area contributed by atoms with E-state index in [1.807, 2.05) is 11.9 Å². The zero-order chi connectivity index (χ0) is 23.9. The van der Waals surface area contributed by atoms with Gasteiger partial charge in [0, 0.05) is 56.5 Å². The van der Waals surface area contributed by atoms with Crippen molar-refractivity contribution in [3.63, 3.8) is 0 Å². The van der Waals surface area contributed by atoms with Gasteiger partial charge in [0.15, 0.2) is 0 Å². The van der Waals surface area contributed by atoms with Crippen molar-refractivity contribution >= 4 is 22.5 Å². The molecule has 2 saturated heterocycles. The molecule has 2 aromatic rings. The summed E-state index contributed by atoms with van der Waals surface area (Å²) in [5.41, 5.74) is 0.0341. The van der Waals surface area contributed by atoms with Crippen molar-refractivity contribution in [2.24, 2.45) is 11.8 Å². The van der Waals surface area contributed by atoms with Gasteiger partial charge in [-0.3, -0.25) is 14.7 Å². The first-order valence-corrected chi connectivity index (χ1v) is 12.1. The van der Waals surface area contributed by atoms with Crippen molar-refractivity contribution in [3.05, 3.63) is 36.0 Å². The number of anilines is 1. The molecule has 184 valence electrons. The van der Waals surface area contributed by atoms with Crippen LogP contribution in [0.4, 0.5) is 18.9 Å². The van der Waals surface area contributed by atoms with E-state index in [0.29, 0.717) is 43.5 Å². The summed E-state index contributed by atoms with van der Waals surface area (Å²) in [7, 11) is 1.87. The lowest BCUT2D eigenvalue weighted by molar-refractivity contribution is -0.136. The predicted molar refractivity (Wildman–Crippen MR) is 124 cm³/mol. The Morgan fingerprint density at radius 2 is 1.91 bits per heavy atom. The Morgan fingerprint density at radius 1 is 1.15 bits per heavy atom. The smallest absolute Gasteiger partial charge is 0.379 e. The van der Waals surface area contributed by atoms with E-state index < -0.39 is 11.7 Å². The summed E-state index contributed by atoms with van der Waals surface area (Å²) in [6.07, 6.45) is 0.255. The number of aromatic nitrogens is 1. The number of hydrogen-bond donors (Lipinski definition) is 0. The number of amides is 1. The van der Waals surface area contributed by atoms with Crippen LogP contribution in [-0.4, -0.2) is 79.7 Å². The molecule has 0 spiro atoms. The molecule has 5 rings (SSSR count). The van der Waals surface area contributed by atoms with Gasteiger partial charge in [-0.15, -0.1) is 0 Å². The number of benzene rings is 1. The first kappa shape index (κ1) is 23.4. The fourth-order valence-electron chi connectivity index (χ4n) is 5.42. The second-order valence-electron chi connectivity index (χ2n) is 9.81. The predicted octanol–water partition coefficient (Wildman–Crippen LogP) is 3.65. The molecule has 3 aliphatic rings. The zero-order valence-corrected chi connectivity index (χ0v) is 19.4. The topological polar surface area (TPSA) is 48.9 Å². The average Bonchev–Trinajstić information content (AvgIpc) is 3.68. The number of piperidine rings is 1. The number of hydrogen-bond acceptors (Lipinski definition) is 5. The van der Waals surface area contributed by atoms with Gasteiger partial charge in [0.25, 0.3) is 0 Å². The van der Waals surface area contributed by atoms with E-state index in [1.54, 1.807) is 18.2 Å². The van der Waals surface area contributed by atoms with Gasteiger partial charge in [0.05, 0.1) is 30.8 Å². The number of likely N-dealkylation sites (N-methyl/N-ethyl adjacent to an activating group) is 1. The molecule has 6 nitrogen and oxygen atoms in total. The van der Waals surface area contributed by atoms with Crippen LogP contribution in [0.15, 0.2) is 30.5 Å². The second kappa shape index (κ2) is 9.34. The maximum atomic E-state index is 13.6. The third-order valence-corrected chi connectivity index (χ3v) is 7.55. The van der Waals surface area contributed by atoms with Gasteiger partial charge < -0.3 is 14.5 Å². The molecule has 0 radical (unpaired) electrons. The molecule has 1 aromatic carbocycles. The highest BCUT2D eigenvalue weighted by Gasteiger charge is 2.40. The van der Waals surface area contributed by atoms with Crippen LogP contribution in [-0.2, 0) is 15.7 Å². The molecular weight excluding hydrogens is 445 g/mol. The minimum absolute atomic E-state index is 0.0157. The van der Waals surface area contributed by atoms with Gasteiger partial charge >= 0.3 is 6.18 Å². The van der Waals surface area contributed by atoms with Crippen molar-refractivity contribution in [1.29, 1.82) is 0 Å². The number of ether oxygens (including phenoxy) is 1. The van der Waals surface area contributed by atoms with Crippen molar-refractivity contribution in [2.45, 2.75) is 31.5 Å². The molecule has 1 aromatic heterocycles. The zero-order valence-electron chi connectivity index (χ0n) is 19.4. The van der Waals surface area contributed by atoms with E-state index in [4.69, 9.17) is 4.74 Å². The van der Waals surface area contributed by atoms with Crippen molar-refractivity contribution < 1.29 is 22.7 Å². The molecule has 1 aliphatic carbocycles. The Labute approximate surface area is 197 Å². The Morgan fingerprint density at radius 3 is 2.62 bits per heavy atom. The number of carbonyl (C=O) groups excluding carboxylic acids is 1. The van der Waals surface area contributed by atoms with Crippen LogP contribution < -0.4 is 4.90 Å². The monoisotopic (exact) mass is 476 g/mol. The Balaban J connectivity index is 1.41. The third-order valence-electron chi connectivity index (χ3n) is 7.55. The lowest BCUT2D eigenvalue weighted by Gasteiger charge is -2.43. The van der Waals surface area contributed by atoms with E-state index in [2.05, 4.69) is 14.8 Å². The van der Waals surface area contributed by atoms with Crippen LogP contribution in [0, 0.1) is 11.8 Å². The number of nitrogens with zero attached hydrogens (tertiary/aromatic N) is 4. The molecule has 3 heterocycles. The van der Waals surface area contributed by atoms with E-state index in [1.165, 1.54) is 19.0 Å². The highest BCUT2D eigenvalue weighted by Crippen LogP contribution is 2.44. The number of alkyl halides is 3. The second-order valence-corrected chi connectivity index (χ2v) is 9.81. The largest absolute Gasteiger partial charge is 0.418 e. The Hall–Kier alpha value is -2.39. The van der Waals surface area contributed by atoms with Crippen LogP contribution in [0.25, 0.3) is 10.9 Å². The van der Waals surface area contributed by atoms with E-state index in [9.17, 15) is 18.0 Å². The number of fused-ring (bicyclic) bond motifs is 1. The van der Waals surface area contributed by atoms with Gasteiger partial charge in [-0.25, -0.2) is 0 Å². The molecule has 1 amide bonds. The minimum Gasteiger partial charge on any atom is -0.379 e. The lowest BCUT2D eigenvalue weighted by Crippen LogP contribution is -2.54. The van der Waals surface area contributed by atoms with Crippen molar-refractivity contribution in [1.82, 2.24) is 14.8 Å². The summed E-state index contributed by atoms with van der Waals surface area (Å²) in [5.74, 6) is 1.14. The molecule has 2 unspecified atom stereocenters. The summed E-state index contributed by atoms with van der Waals surface area (Å²) in [6, 6.07) is 6.14. The first-order chi connectivity index (χ1) is 16.3. The number of pyridine rings is 1. The van der Waals surface area contributed by atoms with Crippen LogP contribution in [0.1, 0.15) is 24.8 Å². The molecule has 2 atom stereocenters. The number of rotatable bonds is 5. The molecule has 0 N–H and O–H groups in total. The molecule has 3 fully saturated rings. The third kappa shape index (κ3) is 4.86. The van der Waals surface area contributed by atoms with Crippen LogP contribution in [0.3, 0.4) is 0 Å². The van der Waals surface area contributed by atoms with Gasteiger partial charge in [-0.05, 0) is 55.4 Å². The lowest BCUT2D eigenvalue weighted by atomic mass is 9.88. The summed E-state index contributed by atoms with van der Waals surface area (Å²) in [6.45, 7) is 4.57. The number of carbonyl (C=O) groups is 1. The quantitative estimate of drug-likeness (QED) is 0.660. The standard InChI is InChI=1S/C25H31F3N4O2/c1-30(23(33)16-31-9-11-34-12-10-31)19-13-18(17-4-5-17)14-32(15-19)22-7-6-21(25(26,27)28)24-20(22)3-2-8-29-24/h2-3,6-8,17-19H,4-5,9-16H2,1H3. The van der Waals surface area contributed by atoms with Gasteiger partial charge in [-0.2, -0.15) is 13.2 Å². The van der Waals surface area contributed by atoms with E-state index in [-0.39, 0.29) is 17.5 Å². The first-order valence-electron chi connectivity index (χ1n) is 12.1. The molecule has 0 bridgehead atoms. The summed E-state index contributed by atoms with van der Waals surface area (Å²) in [5, 5.41) is 0.509. The Bertz CT molecular complexity index is 1040. The number of morpholine rings is 1. The summed E-state index contributed by atoms with van der Waals surface area (Å²) in [4.78, 5) is 23.4. The van der Waals surface area contributed by atoms with Crippen molar-refractivity contribution in [3.8, 4) is 0 Å². The van der Waals surface area contributed by atoms with Crippen LogP contribution >= 0.6 is 0 Å². The van der Waals surface area contributed by atoms with E-state index in [0.717, 1.165) is 37.8 Å². The fraction of sp³-hybridized carbons (Fsp3) is 0.600. The summed E-state index contributed by atoms with van der Waals surface area (Å²) < 4.78 is 46.2. The molecule has 2 aliphatic heterocycles. The Kier molecular flexibility index (Phi) is 6.41. The molecule has 9 heteroatoms. The number of halogens is 3. The SMILES string of the molecule is CN(C(=O)CN1CCOCC1)C1CC(C2CC2)CN(c2ccc(C(F)(F)F)c3ncccc23)C1. The molecule has 34 heavy (non-hydrogen) atoms. The van der Waals surface area contributed by atoms with Gasteiger partial charge in [-0.1, -0.05) is 0 Å². The average molecular weight is 477 g/mol. The van der Waals surface area contributed by atoms with Crippen LogP contribution in [0.5, 0.6) is 0 Å².